The second kappa shape index (κ2) is 4.83. The third-order valence-electron chi connectivity index (χ3n) is 21.8. The summed E-state index contributed by atoms with van der Waals surface area (Å²) in [6.07, 6.45) is 0. The molecule has 0 saturated carbocycles. The first-order valence-electron chi connectivity index (χ1n) is 18.3. The van der Waals surface area contributed by atoms with Gasteiger partial charge in [0.25, 0.3) is 0 Å². The van der Waals surface area contributed by atoms with Gasteiger partial charge in [-0.25, -0.2) is 0 Å². The Kier molecular flexibility index (Phi) is 2.67. The second-order valence-electron chi connectivity index (χ2n) is 19.9. The van der Waals surface area contributed by atoms with Crippen molar-refractivity contribution < 1.29 is 6.51 Å². The fourth-order valence-corrected chi connectivity index (χ4v) is 129. The second-order valence-corrected chi connectivity index (χ2v) is 48.6. The Balaban J connectivity index is 1.15. The van der Waals surface area contributed by atoms with E-state index in [9.17, 15) is 0 Å². The Morgan fingerprint density at radius 3 is 0.837 bits per heavy atom. The summed E-state index contributed by atoms with van der Waals surface area (Å²) in [5.74, 6) is 0. The number of hydrogen-bond acceptors (Lipinski definition) is 4. The van der Waals surface area contributed by atoms with Gasteiger partial charge in [0.1, 0.15) is 0 Å². The third-order valence-corrected chi connectivity index (χ3v) is 78.8. The Labute approximate surface area is 284 Å². The number of para-hydroxylation sites is 4. The van der Waals surface area contributed by atoms with Gasteiger partial charge in [0.2, 0.25) is 0 Å². The van der Waals surface area contributed by atoms with Gasteiger partial charge >= 0.3 is 286 Å². The summed E-state index contributed by atoms with van der Waals surface area (Å²) in [5.41, 5.74) is 5.89. The number of benzene rings is 4. The van der Waals surface area contributed by atoms with E-state index in [1.807, 2.05) is 0 Å². The standard InChI is InChI=1S/C37H43N4P2.C5H5.Fe/c1-38(2)28-18-9-13-22-32(28)42(33-23-14-10-19-29(33)39(3)4)36-26-17-27-37(36)43(34-24-15-11-20-30(34)40(5)6)35-25-16-12-21-31(35)41(7)8;1-2-4-5-3-1;/h9-27H,1-8H3;1-5H;. The molecule has 4 aromatic carbocycles. The van der Waals surface area contributed by atoms with Crippen molar-refractivity contribution in [1.29, 1.82) is 0 Å². The molecule has 4 unspecified atom stereocenters. The van der Waals surface area contributed by atoms with Gasteiger partial charge in [0, 0.05) is 0 Å². The average Bonchev–Trinajstić information content (AvgIpc) is 4.05. The number of nitrogens with zero attached hydrogens (tertiary/aromatic N) is 4. The molecule has 254 valence electrons. The van der Waals surface area contributed by atoms with E-state index in [2.05, 4.69) is 173 Å². The van der Waals surface area contributed by atoms with Crippen LogP contribution in [0.1, 0.15) is 0 Å². The summed E-state index contributed by atoms with van der Waals surface area (Å²) in [5, 5.41) is 6.78. The zero-order valence-electron chi connectivity index (χ0n) is 29.9. The van der Waals surface area contributed by atoms with E-state index in [1.165, 1.54) is 51.6 Å². The third kappa shape index (κ3) is 0.879. The van der Waals surface area contributed by atoms with Crippen molar-refractivity contribution in [2.75, 3.05) is 76.0 Å². The topological polar surface area (TPSA) is 13.0 Å². The minimum absolute atomic E-state index is 0.560. The van der Waals surface area contributed by atoms with Crippen LogP contribution < -0.4 is 40.8 Å². The molecule has 7 heteroatoms. The van der Waals surface area contributed by atoms with Crippen molar-refractivity contribution >= 4 is 59.8 Å². The number of rotatable bonds is 10. The zero-order valence-corrected chi connectivity index (χ0v) is 32.8. The molecule has 4 nitrogen and oxygen atoms in total. The summed E-state index contributed by atoms with van der Waals surface area (Å²) in [6, 6.07) is 39.0. The maximum atomic E-state index is 2.61. The number of fused-ring (bicyclic) bond motifs is 10. The molecular weight excluding hydrogens is 678 g/mol. The summed E-state index contributed by atoms with van der Waals surface area (Å²) in [7, 11) is 17.2. The molecule has 0 radical (unpaired) electrons. The molecule has 0 aliphatic carbocycles. The molecule has 10 saturated heterocycles. The molecule has 0 bridgehead atoms. The SMILES string of the molecule is CN(C)c1ccccc1P(c1ccccc1N(C)C)[C]12[CH]3[CH]4[CH]5[C]1(P(c1ccccc1N(C)C)c1ccccc1N(C)C)[Fe]43521678[CH]2[CH]1[CH]6[CH]7[CH]28. The van der Waals surface area contributed by atoms with E-state index >= 15 is 0 Å². The molecule has 0 N–H and O–H groups in total. The molecule has 10 aliphatic rings. The Morgan fingerprint density at radius 2 is 0.633 bits per heavy atom. The summed E-state index contributed by atoms with van der Waals surface area (Å²) in [4.78, 5) is 19.2. The van der Waals surface area contributed by atoms with E-state index in [1.54, 1.807) is 21.2 Å². The van der Waals surface area contributed by atoms with Gasteiger partial charge < -0.3 is 0 Å². The number of hydrogen-bond donors (Lipinski definition) is 0. The van der Waals surface area contributed by atoms with Crippen LogP contribution in [0.4, 0.5) is 22.7 Å². The quantitative estimate of drug-likeness (QED) is 0.123. The van der Waals surface area contributed by atoms with Crippen LogP contribution in [0.2, 0.25) is 38.5 Å². The normalized spacial score (nSPS) is 50.4. The van der Waals surface area contributed by atoms with Crippen LogP contribution in [-0.2, 0) is 6.51 Å². The molecular formula is C42H48FeN4P2. The van der Waals surface area contributed by atoms with E-state index < -0.39 is 22.4 Å². The average molecular weight is 727 g/mol. The molecule has 10 heterocycles. The maximum absolute atomic E-state index is 4.23. The monoisotopic (exact) mass is 726 g/mol. The van der Waals surface area contributed by atoms with Gasteiger partial charge in [-0.1, -0.05) is 0 Å². The van der Waals surface area contributed by atoms with Gasteiger partial charge in [-0.15, -0.1) is 0 Å². The molecule has 0 aromatic heterocycles. The first kappa shape index (κ1) is 27.2. The minimum atomic E-state index is -4.23. The molecule has 0 amide bonds. The molecule has 4 aromatic rings. The van der Waals surface area contributed by atoms with Crippen LogP contribution in [0, 0.1) is 0 Å². The first-order chi connectivity index (χ1) is 23.4. The van der Waals surface area contributed by atoms with Crippen molar-refractivity contribution in [3.63, 3.8) is 0 Å². The van der Waals surface area contributed by atoms with E-state index in [0.29, 0.717) is 8.11 Å². The van der Waals surface area contributed by atoms with Crippen LogP contribution >= 0.6 is 15.8 Å². The molecule has 49 heavy (non-hydrogen) atoms. The van der Waals surface area contributed by atoms with Crippen molar-refractivity contribution in [3.8, 4) is 0 Å². The van der Waals surface area contributed by atoms with Crippen LogP contribution in [0.15, 0.2) is 97.1 Å². The first-order valence-corrected chi connectivity index (χ1v) is 27.2. The molecule has 10 aliphatic heterocycles. The molecule has 1 spiro atoms. The van der Waals surface area contributed by atoms with Crippen molar-refractivity contribution in [1.82, 2.24) is 0 Å². The van der Waals surface area contributed by atoms with Gasteiger partial charge in [0.05, 0.1) is 0 Å². The summed E-state index contributed by atoms with van der Waals surface area (Å²) >= 11 is 0. The fraction of sp³-hybridized carbons (Fsp3) is 0.429. The predicted octanol–water partition coefficient (Wildman–Crippen LogP) is 7.72. The van der Waals surface area contributed by atoms with Gasteiger partial charge in [-0.3, -0.25) is 0 Å². The van der Waals surface area contributed by atoms with Crippen molar-refractivity contribution in [3.05, 3.63) is 97.1 Å². The Bertz CT molecular complexity index is 2350. The number of anilines is 4. The van der Waals surface area contributed by atoms with E-state index in [0.717, 1.165) is 9.63 Å². The summed E-state index contributed by atoms with van der Waals surface area (Å²) < 4.78 is 1.12. The van der Waals surface area contributed by atoms with E-state index in [4.69, 9.17) is 0 Å². The van der Waals surface area contributed by atoms with Crippen molar-refractivity contribution in [2.24, 2.45) is 0 Å². The predicted molar refractivity (Wildman–Crippen MR) is 211 cm³/mol. The summed E-state index contributed by atoms with van der Waals surface area (Å²) in [6.45, 7) is -4.23. The van der Waals surface area contributed by atoms with E-state index in [-0.39, 0.29) is 0 Å². The van der Waals surface area contributed by atoms with Crippen LogP contribution in [-0.4, -0.2) is 64.5 Å². The Hall–Kier alpha value is -2.54. The molecule has 14 rings (SSSR count). The van der Waals surface area contributed by atoms with Gasteiger partial charge in [-0.2, -0.15) is 0 Å². The van der Waals surface area contributed by atoms with Crippen LogP contribution in [0.25, 0.3) is 0 Å². The zero-order chi connectivity index (χ0) is 33.3. The van der Waals surface area contributed by atoms with Crippen molar-refractivity contribution in [2.45, 2.75) is 46.6 Å². The van der Waals surface area contributed by atoms with Gasteiger partial charge in [-0.05, 0) is 0 Å². The molecule has 4 atom stereocenters. The van der Waals surface area contributed by atoms with Crippen LogP contribution in [0.5, 0.6) is 0 Å². The van der Waals surface area contributed by atoms with Crippen LogP contribution in [0.3, 0.4) is 0 Å². The fourth-order valence-electron chi connectivity index (χ4n) is 22.6. The molecule has 10 fully saturated rings. The van der Waals surface area contributed by atoms with Gasteiger partial charge in [0.15, 0.2) is 0 Å². The Morgan fingerprint density at radius 1 is 0.388 bits per heavy atom.